The van der Waals surface area contributed by atoms with Gasteiger partial charge in [0.2, 0.25) is 0 Å². The average Bonchev–Trinajstić information content (AvgIpc) is 3.47. The molecule has 5 aromatic rings. The summed E-state index contributed by atoms with van der Waals surface area (Å²) in [4.78, 5) is 9.78. The molecule has 0 saturated heterocycles. The quantitative estimate of drug-likeness (QED) is 0.363. The maximum Gasteiger partial charge on any atom is 0.165 e. The number of thiophene rings is 1. The summed E-state index contributed by atoms with van der Waals surface area (Å²) in [6.07, 6.45) is 3.01. The van der Waals surface area contributed by atoms with Crippen LogP contribution in [0.3, 0.4) is 0 Å². The van der Waals surface area contributed by atoms with Crippen molar-refractivity contribution in [2.45, 2.75) is 50.7 Å². The van der Waals surface area contributed by atoms with Gasteiger partial charge in [-0.25, -0.2) is 9.97 Å². The number of hydrogen-bond donors (Lipinski definition) is 2. The molecule has 172 valence electrons. The van der Waals surface area contributed by atoms with Crippen LogP contribution in [-0.4, -0.2) is 30.3 Å². The molecule has 4 aromatic heterocycles. The van der Waals surface area contributed by atoms with Crippen LogP contribution >= 0.6 is 11.3 Å². The molecule has 0 spiro atoms. The van der Waals surface area contributed by atoms with Gasteiger partial charge in [0.1, 0.15) is 0 Å². The minimum absolute atomic E-state index is 0.310. The summed E-state index contributed by atoms with van der Waals surface area (Å²) < 4.78 is 1.85. The Bertz CT molecular complexity index is 1510. The van der Waals surface area contributed by atoms with Crippen LogP contribution in [0.2, 0.25) is 0 Å². The van der Waals surface area contributed by atoms with E-state index in [1.807, 2.05) is 23.7 Å². The molecule has 0 atom stereocenters. The van der Waals surface area contributed by atoms with Crippen LogP contribution < -0.4 is 5.73 Å². The lowest BCUT2D eigenvalue weighted by atomic mass is 9.63. The van der Waals surface area contributed by atoms with Crippen molar-refractivity contribution >= 4 is 28.0 Å². The van der Waals surface area contributed by atoms with Crippen molar-refractivity contribution in [1.82, 2.24) is 19.6 Å². The fourth-order valence-electron chi connectivity index (χ4n) is 5.17. The lowest BCUT2D eigenvalue weighted by Gasteiger charge is -2.49. The topological polar surface area (TPSA) is 89.3 Å². The van der Waals surface area contributed by atoms with E-state index in [0.717, 1.165) is 50.3 Å². The lowest BCUT2D eigenvalue weighted by molar-refractivity contribution is -0.0738. The predicted octanol–water partition coefficient (Wildman–Crippen LogP) is 5.50. The number of aliphatic hydroxyl groups is 1. The lowest BCUT2D eigenvalue weighted by Crippen LogP contribution is -2.58. The van der Waals surface area contributed by atoms with Gasteiger partial charge in [-0.15, -0.1) is 0 Å². The van der Waals surface area contributed by atoms with E-state index in [9.17, 15) is 5.11 Å². The Balaban J connectivity index is 1.52. The molecule has 0 unspecified atom stereocenters. The summed E-state index contributed by atoms with van der Waals surface area (Å²) in [6.45, 7) is 6.10. The monoisotopic (exact) mass is 469 g/mol. The van der Waals surface area contributed by atoms with Gasteiger partial charge >= 0.3 is 0 Å². The smallest absolute Gasteiger partial charge is 0.165 e. The number of aromatic nitrogens is 4. The van der Waals surface area contributed by atoms with E-state index in [-0.39, 0.29) is 0 Å². The largest absolute Gasteiger partial charge is 0.390 e. The van der Waals surface area contributed by atoms with Crippen LogP contribution in [-0.2, 0) is 5.54 Å². The van der Waals surface area contributed by atoms with E-state index in [4.69, 9.17) is 15.8 Å². The van der Waals surface area contributed by atoms with Crippen molar-refractivity contribution in [2.24, 2.45) is 5.73 Å². The molecule has 6 nitrogen and oxygen atoms in total. The summed E-state index contributed by atoms with van der Waals surface area (Å²) >= 11 is 1.67. The van der Waals surface area contributed by atoms with Gasteiger partial charge in [0.15, 0.2) is 11.3 Å². The minimum atomic E-state index is -0.683. The number of nitrogens with two attached hydrogens (primary N) is 1. The minimum Gasteiger partial charge on any atom is -0.390 e. The Labute approximate surface area is 202 Å². The van der Waals surface area contributed by atoms with Gasteiger partial charge in [-0.3, -0.25) is 0 Å². The normalized spacial score (nSPS) is 22.5. The van der Waals surface area contributed by atoms with Crippen LogP contribution in [0.5, 0.6) is 0 Å². The van der Waals surface area contributed by atoms with E-state index in [2.05, 4.69) is 66.0 Å². The van der Waals surface area contributed by atoms with E-state index >= 15 is 0 Å². The number of nitrogens with zero attached hydrogens (tertiary/aromatic N) is 4. The van der Waals surface area contributed by atoms with Crippen molar-refractivity contribution in [2.75, 3.05) is 0 Å². The summed E-state index contributed by atoms with van der Waals surface area (Å²) in [6, 6.07) is 14.6. The molecule has 3 N–H and O–H groups in total. The van der Waals surface area contributed by atoms with Gasteiger partial charge in [-0.05, 0) is 59.7 Å². The Kier molecular flexibility index (Phi) is 4.68. The van der Waals surface area contributed by atoms with Crippen molar-refractivity contribution < 1.29 is 5.11 Å². The van der Waals surface area contributed by atoms with E-state index < -0.39 is 11.1 Å². The van der Waals surface area contributed by atoms with Crippen molar-refractivity contribution in [3.63, 3.8) is 0 Å². The Morgan fingerprint density at radius 1 is 1.09 bits per heavy atom. The molecule has 1 aromatic carbocycles. The van der Waals surface area contributed by atoms with Crippen LogP contribution in [0.1, 0.15) is 50.8 Å². The van der Waals surface area contributed by atoms with Gasteiger partial charge in [0, 0.05) is 34.3 Å². The number of rotatable bonds is 4. The zero-order valence-corrected chi connectivity index (χ0v) is 20.3. The van der Waals surface area contributed by atoms with Crippen LogP contribution in [0.4, 0.5) is 0 Å². The van der Waals surface area contributed by atoms with Crippen LogP contribution in [0.25, 0.3) is 39.1 Å². The first kappa shape index (κ1) is 21.4. The molecule has 0 radical (unpaired) electrons. The molecular weight excluding hydrogens is 442 g/mol. The molecule has 4 heterocycles. The van der Waals surface area contributed by atoms with Gasteiger partial charge in [0.25, 0.3) is 0 Å². The molecular formula is C27H27N5OS. The predicted molar refractivity (Wildman–Crippen MR) is 137 cm³/mol. The highest BCUT2D eigenvalue weighted by molar-refractivity contribution is 7.08. The molecule has 6 rings (SSSR count). The first-order valence-corrected chi connectivity index (χ1v) is 12.5. The van der Waals surface area contributed by atoms with E-state index in [1.165, 1.54) is 0 Å². The molecule has 0 aliphatic heterocycles. The molecule has 1 aliphatic carbocycles. The Hall–Kier alpha value is -3.13. The highest BCUT2D eigenvalue weighted by Crippen LogP contribution is 2.46. The summed E-state index contributed by atoms with van der Waals surface area (Å²) in [7, 11) is 0. The standard InChI is InChI=1S/C27H27N5OS/c1-16(2)22-11-23-29-12-19-10-21(18-8-9-34-13-18)24(30-25(19)32(23)31-22)17-4-6-20(7-5-17)27(28)14-26(3,33)15-27/h4-13,16,33H,14-15,28H2,1-3H3/t26-,27+. The molecule has 1 aliphatic rings. The first-order valence-electron chi connectivity index (χ1n) is 11.6. The second kappa shape index (κ2) is 7.43. The second-order valence-electron chi connectivity index (χ2n) is 10.1. The summed E-state index contributed by atoms with van der Waals surface area (Å²) in [5, 5.41) is 20.2. The molecule has 34 heavy (non-hydrogen) atoms. The van der Waals surface area contributed by atoms with Gasteiger partial charge in [0.05, 0.1) is 17.0 Å². The third-order valence-electron chi connectivity index (χ3n) is 6.83. The highest BCUT2D eigenvalue weighted by Gasteiger charge is 2.49. The van der Waals surface area contributed by atoms with Crippen LogP contribution in [0.15, 0.2) is 59.4 Å². The fourth-order valence-corrected chi connectivity index (χ4v) is 5.82. The highest BCUT2D eigenvalue weighted by atomic mass is 32.1. The number of fused-ring (bicyclic) bond motifs is 3. The zero-order chi connectivity index (χ0) is 23.7. The van der Waals surface area contributed by atoms with Crippen molar-refractivity contribution in [3.8, 4) is 22.4 Å². The Morgan fingerprint density at radius 3 is 2.50 bits per heavy atom. The molecule has 1 fully saturated rings. The van der Waals surface area contributed by atoms with E-state index in [0.29, 0.717) is 18.8 Å². The molecule has 0 bridgehead atoms. The van der Waals surface area contributed by atoms with Crippen molar-refractivity contribution in [3.05, 3.63) is 70.7 Å². The average molecular weight is 470 g/mol. The molecule has 7 heteroatoms. The molecule has 0 amide bonds. The van der Waals surface area contributed by atoms with Gasteiger partial charge in [-0.2, -0.15) is 21.0 Å². The van der Waals surface area contributed by atoms with Crippen LogP contribution in [0, 0.1) is 0 Å². The summed E-state index contributed by atoms with van der Waals surface area (Å²) in [5.41, 5.74) is 13.2. The fraction of sp³-hybridized carbons (Fsp3) is 0.296. The number of benzene rings is 1. The van der Waals surface area contributed by atoms with Crippen molar-refractivity contribution in [1.29, 1.82) is 0 Å². The number of hydrogen-bond acceptors (Lipinski definition) is 6. The number of pyridine rings is 1. The Morgan fingerprint density at radius 2 is 1.85 bits per heavy atom. The maximum atomic E-state index is 10.2. The first-order chi connectivity index (χ1) is 16.2. The second-order valence-corrected chi connectivity index (χ2v) is 10.9. The molecule has 1 saturated carbocycles. The van der Waals surface area contributed by atoms with Gasteiger partial charge < -0.3 is 10.8 Å². The summed E-state index contributed by atoms with van der Waals surface area (Å²) in [5.74, 6) is 0.310. The zero-order valence-electron chi connectivity index (χ0n) is 19.5. The van der Waals surface area contributed by atoms with Gasteiger partial charge in [-0.1, -0.05) is 38.1 Å². The third-order valence-corrected chi connectivity index (χ3v) is 7.51. The maximum absolute atomic E-state index is 10.2. The SMILES string of the molecule is CC(C)c1cc2ncc3cc(-c4ccsc4)c(-c4ccc([C@]5(N)C[C@@](C)(O)C5)cc4)nc3n2n1. The van der Waals surface area contributed by atoms with E-state index in [1.54, 1.807) is 11.3 Å². The third kappa shape index (κ3) is 3.43.